The molecular formula is C59H112O5. The molecule has 0 aliphatic rings. The Morgan fingerprint density at radius 1 is 0.344 bits per heavy atom. The fraction of sp³-hybridized carbons (Fsp3) is 0.898. The molecule has 0 fully saturated rings. The Hall–Kier alpha value is -1.62. The highest BCUT2D eigenvalue weighted by molar-refractivity contribution is 5.70. The minimum Gasteiger partial charge on any atom is -0.462 e. The van der Waals surface area contributed by atoms with E-state index in [-0.39, 0.29) is 18.5 Å². The van der Waals surface area contributed by atoms with Gasteiger partial charge < -0.3 is 14.2 Å². The summed E-state index contributed by atoms with van der Waals surface area (Å²) in [5, 5.41) is 0. The van der Waals surface area contributed by atoms with Crippen molar-refractivity contribution < 1.29 is 23.8 Å². The highest BCUT2D eigenvalue weighted by atomic mass is 16.6. The third kappa shape index (κ3) is 53.0. The Morgan fingerprint density at radius 2 is 0.656 bits per heavy atom. The van der Waals surface area contributed by atoms with E-state index < -0.39 is 6.10 Å². The maximum absolute atomic E-state index is 12.8. The predicted octanol–water partition coefficient (Wildman–Crippen LogP) is 19.6. The summed E-state index contributed by atoms with van der Waals surface area (Å²) in [5.41, 5.74) is 0. The van der Waals surface area contributed by atoms with Gasteiger partial charge in [0.2, 0.25) is 0 Å². The Balaban J connectivity index is 4.18. The van der Waals surface area contributed by atoms with Crippen molar-refractivity contribution in [1.29, 1.82) is 0 Å². The lowest BCUT2D eigenvalue weighted by Crippen LogP contribution is -2.30. The molecule has 5 nitrogen and oxygen atoms in total. The number of allylic oxidation sites excluding steroid dienone is 4. The first kappa shape index (κ1) is 62.4. The third-order valence-corrected chi connectivity index (χ3v) is 13.0. The predicted molar refractivity (Wildman–Crippen MR) is 279 cm³/mol. The summed E-state index contributed by atoms with van der Waals surface area (Å²) in [5.74, 6) is -0.383. The first-order valence-electron chi connectivity index (χ1n) is 28.9. The SMILES string of the molecule is CCCCC/C=C\C/C=C\CCCCCCCCCC(=O)OC(COCCCCCCCCCCCCCC)COC(=O)CCCCCCCCCCCCCCCCCCCCC. The van der Waals surface area contributed by atoms with Crippen molar-refractivity contribution in [3.05, 3.63) is 24.3 Å². The maximum atomic E-state index is 12.8. The second kappa shape index (κ2) is 55.7. The number of esters is 2. The number of carbonyl (C=O) groups excluding carboxylic acids is 2. The largest absolute Gasteiger partial charge is 0.462 e. The quantitative estimate of drug-likeness (QED) is 0.0346. The van der Waals surface area contributed by atoms with E-state index in [1.54, 1.807) is 0 Å². The standard InChI is InChI=1S/C59H112O5/c1-4-7-10-13-16-19-22-25-27-29-30-32-33-35-37-40-43-46-49-52-58(60)63-56-57(55-62-54-51-48-45-42-39-24-21-18-15-12-9-6-3)64-59(61)53-50-47-44-41-38-36-34-31-28-26-23-20-17-14-11-8-5-2/h17,20,26,28,57H,4-16,18-19,21-25,27,29-56H2,1-3H3/b20-17-,28-26-. The van der Waals surface area contributed by atoms with Gasteiger partial charge in [-0.1, -0.05) is 276 Å². The Morgan fingerprint density at radius 3 is 1.06 bits per heavy atom. The van der Waals surface area contributed by atoms with E-state index in [0.29, 0.717) is 26.1 Å². The maximum Gasteiger partial charge on any atom is 0.306 e. The number of ether oxygens (including phenoxy) is 3. The topological polar surface area (TPSA) is 61.8 Å². The molecule has 0 amide bonds. The fourth-order valence-electron chi connectivity index (χ4n) is 8.66. The van der Waals surface area contributed by atoms with Gasteiger partial charge in [0.05, 0.1) is 6.61 Å². The summed E-state index contributed by atoms with van der Waals surface area (Å²) in [4.78, 5) is 25.5. The molecular weight excluding hydrogens is 789 g/mol. The molecule has 0 aliphatic heterocycles. The van der Waals surface area contributed by atoms with Crippen LogP contribution in [0.5, 0.6) is 0 Å². The van der Waals surface area contributed by atoms with Gasteiger partial charge in [-0.25, -0.2) is 0 Å². The number of hydrogen-bond acceptors (Lipinski definition) is 5. The van der Waals surface area contributed by atoms with E-state index in [1.165, 1.54) is 238 Å². The molecule has 5 heteroatoms. The van der Waals surface area contributed by atoms with Gasteiger partial charge in [0.1, 0.15) is 6.61 Å². The highest BCUT2D eigenvalue weighted by Gasteiger charge is 2.17. The molecule has 0 saturated heterocycles. The van der Waals surface area contributed by atoms with Gasteiger partial charge in [-0.15, -0.1) is 0 Å². The van der Waals surface area contributed by atoms with Crippen molar-refractivity contribution in [2.24, 2.45) is 0 Å². The summed E-state index contributed by atoms with van der Waals surface area (Å²) in [6, 6.07) is 0. The van der Waals surface area contributed by atoms with Crippen molar-refractivity contribution in [1.82, 2.24) is 0 Å². The van der Waals surface area contributed by atoms with Gasteiger partial charge in [-0.05, 0) is 51.4 Å². The lowest BCUT2D eigenvalue weighted by atomic mass is 10.0. The first-order chi connectivity index (χ1) is 31.6. The summed E-state index contributed by atoms with van der Waals surface area (Å²) in [7, 11) is 0. The van der Waals surface area contributed by atoms with Crippen LogP contribution in [0.2, 0.25) is 0 Å². The number of carbonyl (C=O) groups is 2. The molecule has 64 heavy (non-hydrogen) atoms. The molecule has 0 rings (SSSR count). The van der Waals surface area contributed by atoms with Crippen LogP contribution in [0.3, 0.4) is 0 Å². The van der Waals surface area contributed by atoms with Crippen LogP contribution in [0.4, 0.5) is 0 Å². The van der Waals surface area contributed by atoms with E-state index >= 15 is 0 Å². The van der Waals surface area contributed by atoms with Crippen LogP contribution in [0.1, 0.15) is 316 Å². The average Bonchev–Trinajstić information content (AvgIpc) is 3.30. The van der Waals surface area contributed by atoms with E-state index in [0.717, 1.165) is 44.9 Å². The van der Waals surface area contributed by atoms with Gasteiger partial charge in [-0.2, -0.15) is 0 Å². The number of rotatable bonds is 54. The van der Waals surface area contributed by atoms with Crippen molar-refractivity contribution >= 4 is 11.9 Å². The van der Waals surface area contributed by atoms with Crippen LogP contribution in [0.15, 0.2) is 24.3 Å². The zero-order chi connectivity index (χ0) is 46.3. The smallest absolute Gasteiger partial charge is 0.306 e. The molecule has 0 N–H and O–H groups in total. The second-order valence-corrected chi connectivity index (χ2v) is 19.6. The molecule has 0 bridgehead atoms. The molecule has 0 radical (unpaired) electrons. The average molecular weight is 902 g/mol. The lowest BCUT2D eigenvalue weighted by Gasteiger charge is -2.18. The third-order valence-electron chi connectivity index (χ3n) is 13.0. The molecule has 0 heterocycles. The van der Waals surface area contributed by atoms with Crippen LogP contribution < -0.4 is 0 Å². The fourth-order valence-corrected chi connectivity index (χ4v) is 8.66. The minimum absolute atomic E-state index is 0.0904. The van der Waals surface area contributed by atoms with E-state index in [9.17, 15) is 9.59 Å². The Bertz CT molecular complexity index is 974. The van der Waals surface area contributed by atoms with Crippen LogP contribution in [0, 0.1) is 0 Å². The van der Waals surface area contributed by atoms with Crippen molar-refractivity contribution in [3.63, 3.8) is 0 Å². The molecule has 0 aromatic carbocycles. The molecule has 0 saturated carbocycles. The highest BCUT2D eigenvalue weighted by Crippen LogP contribution is 2.17. The number of unbranched alkanes of at least 4 members (excludes halogenated alkanes) is 39. The van der Waals surface area contributed by atoms with Gasteiger partial charge in [0.25, 0.3) is 0 Å². The van der Waals surface area contributed by atoms with Gasteiger partial charge in [-0.3, -0.25) is 9.59 Å². The Labute approximate surface area is 400 Å². The second-order valence-electron chi connectivity index (χ2n) is 19.6. The van der Waals surface area contributed by atoms with E-state index in [2.05, 4.69) is 45.1 Å². The van der Waals surface area contributed by atoms with Gasteiger partial charge >= 0.3 is 11.9 Å². The summed E-state index contributed by atoms with van der Waals surface area (Å²) >= 11 is 0. The van der Waals surface area contributed by atoms with E-state index in [1.807, 2.05) is 0 Å². The van der Waals surface area contributed by atoms with Crippen LogP contribution >= 0.6 is 0 Å². The van der Waals surface area contributed by atoms with Crippen LogP contribution in [-0.4, -0.2) is 37.9 Å². The van der Waals surface area contributed by atoms with Crippen molar-refractivity contribution in [2.45, 2.75) is 322 Å². The molecule has 0 aromatic rings. The summed E-state index contributed by atoms with van der Waals surface area (Å²) in [6.45, 7) is 7.87. The summed E-state index contributed by atoms with van der Waals surface area (Å²) in [6.07, 6.45) is 66.2. The molecule has 1 atom stereocenters. The van der Waals surface area contributed by atoms with Crippen molar-refractivity contribution in [3.8, 4) is 0 Å². The van der Waals surface area contributed by atoms with Crippen LogP contribution in [-0.2, 0) is 23.8 Å². The molecule has 0 aromatic heterocycles. The van der Waals surface area contributed by atoms with E-state index in [4.69, 9.17) is 14.2 Å². The zero-order valence-electron chi connectivity index (χ0n) is 43.6. The Kier molecular flexibility index (Phi) is 54.3. The van der Waals surface area contributed by atoms with Crippen molar-refractivity contribution in [2.75, 3.05) is 19.8 Å². The normalized spacial score (nSPS) is 12.2. The molecule has 378 valence electrons. The monoisotopic (exact) mass is 901 g/mol. The minimum atomic E-state index is -0.533. The van der Waals surface area contributed by atoms with Crippen LogP contribution in [0.25, 0.3) is 0 Å². The molecule has 1 unspecified atom stereocenters. The number of hydrogen-bond donors (Lipinski definition) is 0. The van der Waals surface area contributed by atoms with Gasteiger partial charge in [0, 0.05) is 19.4 Å². The van der Waals surface area contributed by atoms with Gasteiger partial charge in [0.15, 0.2) is 6.10 Å². The first-order valence-corrected chi connectivity index (χ1v) is 28.9. The summed E-state index contributed by atoms with van der Waals surface area (Å²) < 4.78 is 17.5. The lowest BCUT2D eigenvalue weighted by molar-refractivity contribution is -0.163. The molecule has 0 aliphatic carbocycles. The zero-order valence-corrected chi connectivity index (χ0v) is 43.6. The molecule has 0 spiro atoms.